The fourth-order valence-electron chi connectivity index (χ4n) is 2.34. The van der Waals surface area contributed by atoms with Crippen LogP contribution < -0.4 is 5.32 Å². The van der Waals surface area contributed by atoms with E-state index in [2.05, 4.69) is 42.6 Å². The van der Waals surface area contributed by atoms with Gasteiger partial charge in [0.25, 0.3) is 0 Å². The second-order valence-electron chi connectivity index (χ2n) is 5.34. The van der Waals surface area contributed by atoms with Crippen LogP contribution in [0.25, 0.3) is 0 Å². The lowest BCUT2D eigenvalue weighted by Gasteiger charge is -2.12. The van der Waals surface area contributed by atoms with Crippen molar-refractivity contribution < 1.29 is 0 Å². The van der Waals surface area contributed by atoms with Gasteiger partial charge in [0.05, 0.1) is 0 Å². The Hall–Kier alpha value is -1.02. The van der Waals surface area contributed by atoms with Gasteiger partial charge in [-0.2, -0.15) is 0 Å². The lowest BCUT2D eigenvalue weighted by atomic mass is 9.98. The van der Waals surface area contributed by atoms with Crippen molar-refractivity contribution >= 4 is 23.2 Å². The van der Waals surface area contributed by atoms with Gasteiger partial charge in [-0.15, -0.1) is 0 Å². The summed E-state index contributed by atoms with van der Waals surface area (Å²) < 4.78 is 0. The van der Waals surface area contributed by atoms with Crippen molar-refractivity contribution in [3.8, 4) is 0 Å². The maximum absolute atomic E-state index is 6.16. The zero-order valence-corrected chi connectivity index (χ0v) is 13.8. The molecule has 3 heteroatoms. The molecule has 0 aliphatic rings. The zero-order chi connectivity index (χ0) is 15.1. The Morgan fingerprint density at radius 2 is 1.76 bits per heavy atom. The first kappa shape index (κ1) is 16.4. The third-order valence-electron chi connectivity index (χ3n) is 3.71. The summed E-state index contributed by atoms with van der Waals surface area (Å²) in [5.41, 5.74) is 2.55. The van der Waals surface area contributed by atoms with Crippen LogP contribution in [0, 0.1) is 0 Å². The molecule has 1 nitrogen and oxygen atoms in total. The lowest BCUT2D eigenvalue weighted by Crippen LogP contribution is -2.20. The summed E-state index contributed by atoms with van der Waals surface area (Å²) in [7, 11) is 0. The van der Waals surface area contributed by atoms with E-state index < -0.39 is 0 Å². The quantitative estimate of drug-likeness (QED) is 0.680. The molecule has 0 aliphatic heterocycles. The minimum Gasteiger partial charge on any atom is -0.316 e. The molecule has 21 heavy (non-hydrogen) atoms. The Bertz CT molecular complexity index is 554. The second-order valence-corrected chi connectivity index (χ2v) is 6.18. The largest absolute Gasteiger partial charge is 0.316 e. The van der Waals surface area contributed by atoms with Crippen molar-refractivity contribution in [2.75, 3.05) is 13.1 Å². The van der Waals surface area contributed by atoms with Crippen LogP contribution in [0.1, 0.15) is 30.4 Å². The van der Waals surface area contributed by atoms with E-state index in [0.29, 0.717) is 10.9 Å². The zero-order valence-electron chi connectivity index (χ0n) is 12.3. The van der Waals surface area contributed by atoms with Gasteiger partial charge in [0.2, 0.25) is 0 Å². The van der Waals surface area contributed by atoms with E-state index in [1.807, 2.05) is 12.1 Å². The van der Waals surface area contributed by atoms with Crippen LogP contribution in [0.2, 0.25) is 10.0 Å². The Morgan fingerprint density at radius 3 is 2.48 bits per heavy atom. The molecule has 0 saturated carbocycles. The molecule has 2 aromatic rings. The molecule has 0 spiro atoms. The van der Waals surface area contributed by atoms with E-state index in [0.717, 1.165) is 36.5 Å². The fraction of sp³-hybridized carbons (Fsp3) is 0.333. The Morgan fingerprint density at radius 1 is 1.00 bits per heavy atom. The third-order valence-corrected chi connectivity index (χ3v) is 4.30. The first-order valence-electron chi connectivity index (χ1n) is 7.36. The molecular formula is C18H21Cl2N. The van der Waals surface area contributed by atoms with Crippen LogP contribution >= 0.6 is 23.2 Å². The molecule has 0 aliphatic carbocycles. The van der Waals surface area contributed by atoms with Crippen LogP contribution in [0.5, 0.6) is 0 Å². The van der Waals surface area contributed by atoms with Gasteiger partial charge in [-0.3, -0.25) is 0 Å². The van der Waals surface area contributed by atoms with E-state index >= 15 is 0 Å². The molecule has 1 N–H and O–H groups in total. The van der Waals surface area contributed by atoms with Crippen molar-refractivity contribution in [1.82, 2.24) is 5.32 Å². The van der Waals surface area contributed by atoms with E-state index in [4.69, 9.17) is 23.2 Å². The van der Waals surface area contributed by atoms with Crippen LogP contribution in [0.4, 0.5) is 0 Å². The summed E-state index contributed by atoms with van der Waals surface area (Å²) in [6.45, 7) is 4.22. The van der Waals surface area contributed by atoms with Gasteiger partial charge in [0, 0.05) is 10.0 Å². The Kier molecular flexibility index (Phi) is 6.56. The first-order valence-corrected chi connectivity index (χ1v) is 8.12. The van der Waals surface area contributed by atoms with Crippen LogP contribution in [-0.2, 0) is 6.42 Å². The van der Waals surface area contributed by atoms with Gasteiger partial charge < -0.3 is 5.32 Å². The third kappa shape index (κ3) is 5.35. The van der Waals surface area contributed by atoms with Gasteiger partial charge in [-0.1, -0.05) is 66.5 Å². The lowest BCUT2D eigenvalue weighted by molar-refractivity contribution is 0.595. The summed E-state index contributed by atoms with van der Waals surface area (Å²) in [4.78, 5) is 0. The number of hydrogen-bond acceptors (Lipinski definition) is 1. The fourth-order valence-corrected chi connectivity index (χ4v) is 2.84. The summed E-state index contributed by atoms with van der Waals surface area (Å²) in [5.74, 6) is 0.581. The monoisotopic (exact) mass is 321 g/mol. The molecule has 1 atom stereocenters. The number of benzene rings is 2. The molecule has 0 bridgehead atoms. The molecule has 112 valence electrons. The molecule has 1 unspecified atom stereocenters. The summed E-state index contributed by atoms with van der Waals surface area (Å²) in [6.07, 6.45) is 2.06. The average Bonchev–Trinajstić information content (AvgIpc) is 2.49. The number of hydrogen-bond donors (Lipinski definition) is 1. The summed E-state index contributed by atoms with van der Waals surface area (Å²) in [6, 6.07) is 16.3. The molecule has 0 fully saturated rings. The maximum Gasteiger partial charge on any atom is 0.0453 e. The minimum atomic E-state index is 0.581. The Balaban J connectivity index is 1.68. The molecule has 0 amide bonds. The second kappa shape index (κ2) is 8.43. The van der Waals surface area contributed by atoms with Crippen molar-refractivity contribution in [1.29, 1.82) is 0 Å². The number of halogens is 2. The molecule has 0 heterocycles. The number of nitrogens with one attached hydrogen (secondary N) is 1. The highest BCUT2D eigenvalue weighted by molar-refractivity contribution is 6.35. The van der Waals surface area contributed by atoms with Crippen molar-refractivity contribution in [3.05, 3.63) is 69.7 Å². The highest BCUT2D eigenvalue weighted by atomic mass is 35.5. The van der Waals surface area contributed by atoms with Gasteiger partial charge in [0.15, 0.2) is 0 Å². The van der Waals surface area contributed by atoms with Crippen molar-refractivity contribution in [3.63, 3.8) is 0 Å². The maximum atomic E-state index is 6.16. The Labute approximate surface area is 137 Å². The minimum absolute atomic E-state index is 0.581. The highest BCUT2D eigenvalue weighted by Gasteiger charge is 2.04. The SMILES string of the molecule is CC(CCNCCc1ccc(Cl)cc1Cl)c1ccccc1. The smallest absolute Gasteiger partial charge is 0.0453 e. The normalized spacial score (nSPS) is 12.3. The molecule has 0 saturated heterocycles. The molecule has 0 radical (unpaired) electrons. The topological polar surface area (TPSA) is 12.0 Å². The summed E-state index contributed by atoms with van der Waals surface area (Å²) in [5, 5.41) is 4.92. The number of rotatable bonds is 7. The molecule has 2 rings (SSSR count). The van der Waals surface area contributed by atoms with E-state index in [1.165, 1.54) is 5.56 Å². The van der Waals surface area contributed by atoms with Gasteiger partial charge in [-0.25, -0.2) is 0 Å². The van der Waals surface area contributed by atoms with Crippen LogP contribution in [0.15, 0.2) is 48.5 Å². The standard InChI is InChI=1S/C18H21Cl2N/c1-14(15-5-3-2-4-6-15)9-11-21-12-10-16-7-8-17(19)13-18(16)20/h2-8,13-14,21H,9-12H2,1H3. The van der Waals surface area contributed by atoms with Gasteiger partial charge in [0.1, 0.15) is 0 Å². The van der Waals surface area contributed by atoms with E-state index in [1.54, 1.807) is 6.07 Å². The molecular weight excluding hydrogens is 301 g/mol. The molecule has 2 aromatic carbocycles. The van der Waals surface area contributed by atoms with Gasteiger partial charge >= 0.3 is 0 Å². The van der Waals surface area contributed by atoms with Crippen LogP contribution in [0.3, 0.4) is 0 Å². The average molecular weight is 322 g/mol. The predicted octanol–water partition coefficient (Wildman–Crippen LogP) is 5.32. The molecule has 0 aromatic heterocycles. The predicted molar refractivity (Wildman–Crippen MR) is 92.5 cm³/mol. The summed E-state index contributed by atoms with van der Waals surface area (Å²) >= 11 is 12.1. The first-order chi connectivity index (χ1) is 10.2. The van der Waals surface area contributed by atoms with E-state index in [-0.39, 0.29) is 0 Å². The van der Waals surface area contributed by atoms with E-state index in [9.17, 15) is 0 Å². The van der Waals surface area contributed by atoms with Crippen LogP contribution in [-0.4, -0.2) is 13.1 Å². The van der Waals surface area contributed by atoms with Crippen molar-refractivity contribution in [2.24, 2.45) is 0 Å². The highest BCUT2D eigenvalue weighted by Crippen LogP contribution is 2.21. The van der Waals surface area contributed by atoms with Crippen molar-refractivity contribution in [2.45, 2.75) is 25.7 Å². The van der Waals surface area contributed by atoms with Gasteiger partial charge in [-0.05, 0) is 55.1 Å².